The Morgan fingerprint density at radius 2 is 2.16 bits per heavy atom. The van der Waals surface area contributed by atoms with Crippen LogP contribution >= 0.6 is 46.4 Å². The molecule has 96 valence electrons. The Hall–Kier alpha value is -0.920. The van der Waals surface area contributed by atoms with E-state index >= 15 is 0 Å². The Morgan fingerprint density at radius 1 is 1.37 bits per heavy atom. The third-order valence-corrected chi connectivity index (χ3v) is 4.07. The molecule has 3 aromatic rings. The Balaban J connectivity index is 2.36. The van der Waals surface area contributed by atoms with Crippen LogP contribution in [0.5, 0.6) is 0 Å². The van der Waals surface area contributed by atoms with Gasteiger partial charge >= 0.3 is 0 Å². The Bertz CT molecular complexity index is 838. The molecule has 1 aromatic carbocycles. The van der Waals surface area contributed by atoms with Gasteiger partial charge < -0.3 is 4.98 Å². The smallest absolute Gasteiger partial charge is 0.184 e. The van der Waals surface area contributed by atoms with Gasteiger partial charge in [-0.3, -0.25) is 4.57 Å². The molecule has 0 aliphatic heterocycles. The molecule has 0 aliphatic rings. The van der Waals surface area contributed by atoms with E-state index in [4.69, 9.17) is 23.8 Å². The van der Waals surface area contributed by atoms with Crippen molar-refractivity contribution >= 4 is 57.6 Å². The summed E-state index contributed by atoms with van der Waals surface area (Å²) < 4.78 is 3.54. The number of nitrogens with zero attached hydrogens (tertiary/aromatic N) is 2. The molecule has 6 heteroatoms. The fourth-order valence-corrected chi connectivity index (χ4v) is 3.22. The molecular formula is C13H9ClIN3S. The molecule has 0 saturated heterocycles. The van der Waals surface area contributed by atoms with Crippen LogP contribution < -0.4 is 0 Å². The summed E-state index contributed by atoms with van der Waals surface area (Å²) >= 11 is 13.9. The number of aromatic amines is 1. The summed E-state index contributed by atoms with van der Waals surface area (Å²) in [6.45, 7) is 2.00. The lowest BCUT2D eigenvalue weighted by Gasteiger charge is -2.06. The van der Waals surface area contributed by atoms with Gasteiger partial charge in [-0.15, -0.1) is 0 Å². The molecule has 0 bridgehead atoms. The van der Waals surface area contributed by atoms with Crippen LogP contribution in [-0.2, 0) is 0 Å². The highest BCUT2D eigenvalue weighted by Gasteiger charge is 2.11. The number of rotatable bonds is 1. The monoisotopic (exact) mass is 401 g/mol. The van der Waals surface area contributed by atoms with Gasteiger partial charge in [-0.1, -0.05) is 11.6 Å². The minimum Gasteiger partial charge on any atom is -0.329 e. The van der Waals surface area contributed by atoms with E-state index in [0.717, 1.165) is 26.0 Å². The summed E-state index contributed by atoms with van der Waals surface area (Å²) in [5.41, 5.74) is 3.64. The maximum absolute atomic E-state index is 6.31. The number of halogens is 2. The summed E-state index contributed by atoms with van der Waals surface area (Å²) in [5.74, 6) is 0. The summed E-state index contributed by atoms with van der Waals surface area (Å²) in [5, 5.41) is 0.659. The zero-order valence-electron chi connectivity index (χ0n) is 9.95. The molecule has 0 atom stereocenters. The molecule has 2 heterocycles. The van der Waals surface area contributed by atoms with Crippen molar-refractivity contribution in [1.29, 1.82) is 0 Å². The second kappa shape index (κ2) is 4.88. The normalized spacial score (nSPS) is 11.1. The van der Waals surface area contributed by atoms with Gasteiger partial charge in [0.15, 0.2) is 10.4 Å². The van der Waals surface area contributed by atoms with Crippen molar-refractivity contribution in [3.05, 3.63) is 49.4 Å². The molecular weight excluding hydrogens is 393 g/mol. The van der Waals surface area contributed by atoms with Gasteiger partial charge in [-0.25, -0.2) is 4.98 Å². The van der Waals surface area contributed by atoms with Gasteiger partial charge in [0.2, 0.25) is 0 Å². The second-order valence-electron chi connectivity index (χ2n) is 4.25. The zero-order valence-corrected chi connectivity index (χ0v) is 13.7. The minimum atomic E-state index is 0.594. The lowest BCUT2D eigenvalue weighted by Crippen LogP contribution is -1.97. The van der Waals surface area contributed by atoms with Gasteiger partial charge in [0, 0.05) is 9.77 Å². The van der Waals surface area contributed by atoms with Crippen molar-refractivity contribution in [2.45, 2.75) is 6.92 Å². The standard InChI is InChI=1S/C13H9ClIN3S/c1-7-4-10-12(16-6-7)18(13(19)17-10)11-3-2-8(15)5-9(11)14/h2-6H,1H3,(H,17,19). The van der Waals surface area contributed by atoms with Crippen LogP contribution in [0.3, 0.4) is 0 Å². The van der Waals surface area contributed by atoms with Crippen molar-refractivity contribution in [2.75, 3.05) is 0 Å². The number of imidazole rings is 1. The lowest BCUT2D eigenvalue weighted by atomic mass is 10.3. The van der Waals surface area contributed by atoms with E-state index in [1.165, 1.54) is 0 Å². The predicted molar refractivity (Wildman–Crippen MR) is 88.7 cm³/mol. The SMILES string of the molecule is Cc1cnc2c(c1)[nH]c(=S)n2-c1ccc(I)cc1Cl. The molecule has 0 spiro atoms. The molecule has 19 heavy (non-hydrogen) atoms. The fourth-order valence-electron chi connectivity index (χ4n) is 1.99. The number of pyridine rings is 1. The molecule has 0 fully saturated rings. The van der Waals surface area contributed by atoms with E-state index in [9.17, 15) is 0 Å². The van der Waals surface area contributed by atoms with E-state index in [-0.39, 0.29) is 0 Å². The predicted octanol–water partition coefficient (Wildman–Crippen LogP) is 4.65. The summed E-state index contributed by atoms with van der Waals surface area (Å²) in [6, 6.07) is 7.88. The Labute approximate surface area is 133 Å². The van der Waals surface area contributed by atoms with Crippen LogP contribution in [0.1, 0.15) is 5.56 Å². The highest BCUT2D eigenvalue weighted by atomic mass is 127. The third kappa shape index (κ3) is 2.30. The van der Waals surface area contributed by atoms with Crippen molar-refractivity contribution < 1.29 is 0 Å². The van der Waals surface area contributed by atoms with Gasteiger partial charge in [-0.05, 0) is 71.6 Å². The van der Waals surface area contributed by atoms with Gasteiger partial charge in [0.05, 0.1) is 16.2 Å². The molecule has 2 aromatic heterocycles. The second-order valence-corrected chi connectivity index (χ2v) is 6.28. The number of aryl methyl sites for hydroxylation is 1. The maximum Gasteiger partial charge on any atom is 0.184 e. The quantitative estimate of drug-likeness (QED) is 0.476. The number of aromatic nitrogens is 3. The third-order valence-electron chi connectivity index (χ3n) is 2.81. The average molecular weight is 402 g/mol. The van der Waals surface area contributed by atoms with Crippen LogP contribution in [0.2, 0.25) is 5.02 Å². The molecule has 0 amide bonds. The number of benzene rings is 1. The van der Waals surface area contributed by atoms with Crippen LogP contribution in [-0.4, -0.2) is 14.5 Å². The van der Waals surface area contributed by atoms with Crippen LogP contribution in [0.25, 0.3) is 16.9 Å². The van der Waals surface area contributed by atoms with E-state index < -0.39 is 0 Å². The summed E-state index contributed by atoms with van der Waals surface area (Å²) in [4.78, 5) is 7.61. The minimum absolute atomic E-state index is 0.594. The van der Waals surface area contributed by atoms with Crippen molar-refractivity contribution in [1.82, 2.24) is 14.5 Å². The van der Waals surface area contributed by atoms with Gasteiger partial charge in [0.1, 0.15) is 0 Å². The largest absolute Gasteiger partial charge is 0.329 e. The molecule has 3 rings (SSSR count). The van der Waals surface area contributed by atoms with Crippen molar-refractivity contribution in [2.24, 2.45) is 0 Å². The van der Waals surface area contributed by atoms with Crippen LogP contribution in [0, 0.1) is 15.3 Å². The van der Waals surface area contributed by atoms with E-state index in [1.807, 2.05) is 42.0 Å². The van der Waals surface area contributed by atoms with Gasteiger partial charge in [0.25, 0.3) is 0 Å². The molecule has 0 aliphatic carbocycles. The molecule has 0 saturated carbocycles. The first kappa shape index (κ1) is 13.1. The number of nitrogens with one attached hydrogen (secondary N) is 1. The maximum atomic E-state index is 6.31. The first-order valence-electron chi connectivity index (χ1n) is 5.59. The lowest BCUT2D eigenvalue weighted by molar-refractivity contribution is 1.04. The van der Waals surface area contributed by atoms with Crippen molar-refractivity contribution in [3.63, 3.8) is 0 Å². The van der Waals surface area contributed by atoms with Crippen LogP contribution in [0.15, 0.2) is 30.5 Å². The highest BCUT2D eigenvalue weighted by Crippen LogP contribution is 2.26. The number of fused-ring (bicyclic) bond motifs is 1. The Kier molecular flexibility index (Phi) is 3.36. The Morgan fingerprint density at radius 3 is 2.89 bits per heavy atom. The number of hydrogen-bond acceptors (Lipinski definition) is 2. The molecule has 1 N–H and O–H groups in total. The summed E-state index contributed by atoms with van der Waals surface area (Å²) in [6.07, 6.45) is 1.82. The fraction of sp³-hybridized carbons (Fsp3) is 0.0769. The van der Waals surface area contributed by atoms with Crippen molar-refractivity contribution in [3.8, 4) is 5.69 Å². The molecule has 3 nitrogen and oxygen atoms in total. The van der Waals surface area contributed by atoms with Crippen LogP contribution in [0.4, 0.5) is 0 Å². The van der Waals surface area contributed by atoms with E-state index in [1.54, 1.807) is 0 Å². The molecule has 0 radical (unpaired) electrons. The number of hydrogen-bond donors (Lipinski definition) is 1. The molecule has 0 unspecified atom stereocenters. The summed E-state index contributed by atoms with van der Waals surface area (Å²) in [7, 11) is 0. The number of H-pyrrole nitrogens is 1. The van der Waals surface area contributed by atoms with E-state index in [0.29, 0.717) is 9.79 Å². The highest BCUT2D eigenvalue weighted by molar-refractivity contribution is 14.1. The topological polar surface area (TPSA) is 33.6 Å². The first-order valence-corrected chi connectivity index (χ1v) is 7.45. The van der Waals surface area contributed by atoms with Gasteiger partial charge in [-0.2, -0.15) is 0 Å². The van der Waals surface area contributed by atoms with E-state index in [2.05, 4.69) is 32.6 Å². The average Bonchev–Trinajstić information content (AvgIpc) is 2.65. The first-order chi connectivity index (χ1) is 9.06. The zero-order chi connectivity index (χ0) is 13.6.